The molecule has 0 aliphatic carbocycles. The zero-order valence-electron chi connectivity index (χ0n) is 13.7. The summed E-state index contributed by atoms with van der Waals surface area (Å²) in [5, 5.41) is 23.4. The Balaban J connectivity index is 1.88. The zero-order chi connectivity index (χ0) is 16.9. The van der Waals surface area contributed by atoms with Gasteiger partial charge in [-0.15, -0.1) is 5.10 Å². The Bertz CT molecular complexity index is 622. The highest BCUT2D eigenvalue weighted by atomic mass is 16.3. The molecule has 7 nitrogen and oxygen atoms in total. The molecule has 124 valence electrons. The summed E-state index contributed by atoms with van der Waals surface area (Å²) >= 11 is 0. The van der Waals surface area contributed by atoms with E-state index in [2.05, 4.69) is 20.9 Å². The van der Waals surface area contributed by atoms with Gasteiger partial charge in [-0.3, -0.25) is 0 Å². The summed E-state index contributed by atoms with van der Waals surface area (Å²) in [5.74, 6) is 0.102. The molecule has 0 fully saturated rings. The molecule has 7 heteroatoms. The predicted molar refractivity (Wildman–Crippen MR) is 88.5 cm³/mol. The highest BCUT2D eigenvalue weighted by Gasteiger charge is 2.27. The van der Waals surface area contributed by atoms with Gasteiger partial charge in [-0.1, -0.05) is 25.5 Å². The molecule has 1 heterocycles. The quantitative estimate of drug-likeness (QED) is 0.761. The Morgan fingerprint density at radius 1 is 1.39 bits per heavy atom. The maximum Gasteiger partial charge on any atom is 0.319 e. The van der Waals surface area contributed by atoms with E-state index in [0.717, 1.165) is 12.1 Å². The van der Waals surface area contributed by atoms with Crippen molar-refractivity contribution in [3.8, 4) is 5.69 Å². The van der Waals surface area contributed by atoms with Crippen LogP contribution in [0.3, 0.4) is 0 Å². The molecule has 0 spiro atoms. The number of anilines is 1. The molecule has 1 aromatic carbocycles. The fraction of sp³-hybridized carbons (Fsp3) is 0.438. The molecular weight excluding hydrogens is 294 g/mol. The Kier molecular flexibility index (Phi) is 5.33. The van der Waals surface area contributed by atoms with Crippen LogP contribution in [-0.2, 0) is 0 Å². The third-order valence-corrected chi connectivity index (χ3v) is 4.09. The van der Waals surface area contributed by atoms with E-state index in [1.807, 2.05) is 26.0 Å². The van der Waals surface area contributed by atoms with Crippen molar-refractivity contribution < 1.29 is 9.90 Å². The first-order valence-electron chi connectivity index (χ1n) is 7.66. The number of urea groups is 1. The van der Waals surface area contributed by atoms with Gasteiger partial charge in [0.15, 0.2) is 0 Å². The van der Waals surface area contributed by atoms with Crippen molar-refractivity contribution in [3.63, 3.8) is 0 Å². The van der Waals surface area contributed by atoms with Crippen LogP contribution in [-0.4, -0.2) is 38.3 Å². The molecule has 3 N–H and O–H groups in total. The molecule has 0 bridgehead atoms. The van der Waals surface area contributed by atoms with E-state index in [9.17, 15) is 9.90 Å². The minimum atomic E-state index is -0.928. The van der Waals surface area contributed by atoms with Crippen molar-refractivity contribution in [1.29, 1.82) is 0 Å². The first-order chi connectivity index (χ1) is 10.9. The van der Waals surface area contributed by atoms with Gasteiger partial charge in [-0.2, -0.15) is 0 Å². The predicted octanol–water partition coefficient (Wildman–Crippen LogP) is 2.19. The van der Waals surface area contributed by atoms with Crippen LogP contribution in [0, 0.1) is 5.92 Å². The largest absolute Gasteiger partial charge is 0.388 e. The van der Waals surface area contributed by atoms with Crippen LogP contribution >= 0.6 is 0 Å². The molecule has 2 amide bonds. The summed E-state index contributed by atoms with van der Waals surface area (Å²) in [5.41, 5.74) is 0.589. The summed E-state index contributed by atoms with van der Waals surface area (Å²) < 4.78 is 1.63. The monoisotopic (exact) mass is 317 g/mol. The lowest BCUT2D eigenvalue weighted by atomic mass is 9.89. The minimum absolute atomic E-state index is 0.102. The van der Waals surface area contributed by atoms with Gasteiger partial charge in [0.25, 0.3) is 0 Å². The Morgan fingerprint density at radius 2 is 2.09 bits per heavy atom. The van der Waals surface area contributed by atoms with Gasteiger partial charge in [-0.05, 0) is 37.1 Å². The Morgan fingerprint density at radius 3 is 2.65 bits per heavy atom. The highest BCUT2D eigenvalue weighted by molar-refractivity contribution is 5.89. The number of amides is 2. The number of rotatable bonds is 6. The van der Waals surface area contributed by atoms with Gasteiger partial charge in [0, 0.05) is 12.2 Å². The molecule has 1 aromatic heterocycles. The summed E-state index contributed by atoms with van der Waals surface area (Å²) in [6, 6.07) is 6.88. The first-order valence-corrected chi connectivity index (χ1v) is 7.66. The van der Waals surface area contributed by atoms with Crippen molar-refractivity contribution in [2.75, 3.05) is 11.9 Å². The van der Waals surface area contributed by atoms with E-state index in [4.69, 9.17) is 0 Å². The fourth-order valence-corrected chi connectivity index (χ4v) is 2.09. The summed E-state index contributed by atoms with van der Waals surface area (Å²) in [4.78, 5) is 11.9. The van der Waals surface area contributed by atoms with Crippen LogP contribution in [0.5, 0.6) is 0 Å². The van der Waals surface area contributed by atoms with Crippen LogP contribution in [0.15, 0.2) is 36.7 Å². The molecular formula is C16H23N5O2. The lowest BCUT2D eigenvalue weighted by molar-refractivity contribution is 0.00827. The number of carbonyl (C=O) groups excluding carboxylic acids is 1. The third-order valence-electron chi connectivity index (χ3n) is 4.09. The summed E-state index contributed by atoms with van der Waals surface area (Å²) in [7, 11) is 0. The van der Waals surface area contributed by atoms with Gasteiger partial charge < -0.3 is 15.7 Å². The average molecular weight is 317 g/mol. The number of hydrogen-bond donors (Lipinski definition) is 3. The van der Waals surface area contributed by atoms with E-state index in [1.165, 1.54) is 0 Å². The lowest BCUT2D eigenvalue weighted by Gasteiger charge is -2.29. The van der Waals surface area contributed by atoms with Crippen LogP contribution < -0.4 is 10.6 Å². The van der Waals surface area contributed by atoms with Crippen molar-refractivity contribution in [1.82, 2.24) is 20.3 Å². The van der Waals surface area contributed by atoms with E-state index < -0.39 is 5.60 Å². The molecule has 0 saturated carbocycles. The SMILES string of the molecule is CCC(C)C(C)(O)CNC(=O)Nc1ccc(-n2ccnn2)cc1. The molecule has 23 heavy (non-hydrogen) atoms. The molecule has 0 aliphatic heterocycles. The second-order valence-electron chi connectivity index (χ2n) is 5.87. The van der Waals surface area contributed by atoms with Gasteiger partial charge in [0.2, 0.25) is 0 Å². The smallest absolute Gasteiger partial charge is 0.319 e. The molecule has 0 radical (unpaired) electrons. The summed E-state index contributed by atoms with van der Waals surface area (Å²) in [6.07, 6.45) is 4.19. The van der Waals surface area contributed by atoms with Gasteiger partial charge in [-0.25, -0.2) is 9.48 Å². The van der Waals surface area contributed by atoms with Crippen molar-refractivity contribution in [2.24, 2.45) is 5.92 Å². The normalized spacial score (nSPS) is 14.8. The highest BCUT2D eigenvalue weighted by Crippen LogP contribution is 2.19. The zero-order valence-corrected chi connectivity index (χ0v) is 13.7. The van der Waals surface area contributed by atoms with E-state index >= 15 is 0 Å². The van der Waals surface area contributed by atoms with Crippen molar-refractivity contribution >= 4 is 11.7 Å². The molecule has 2 rings (SSSR count). The molecule has 2 atom stereocenters. The Labute approximate surface area is 135 Å². The Hall–Kier alpha value is -2.41. The number of nitrogens with one attached hydrogen (secondary N) is 2. The number of aliphatic hydroxyl groups is 1. The number of nitrogens with zero attached hydrogens (tertiary/aromatic N) is 3. The van der Waals surface area contributed by atoms with Crippen LogP contribution in [0.2, 0.25) is 0 Å². The van der Waals surface area contributed by atoms with E-state index in [0.29, 0.717) is 5.69 Å². The van der Waals surface area contributed by atoms with Gasteiger partial charge in [0.05, 0.1) is 23.7 Å². The molecule has 0 saturated heterocycles. The minimum Gasteiger partial charge on any atom is -0.388 e. The number of carbonyl (C=O) groups is 1. The van der Waals surface area contributed by atoms with Crippen molar-refractivity contribution in [2.45, 2.75) is 32.8 Å². The van der Waals surface area contributed by atoms with Crippen LogP contribution in [0.25, 0.3) is 5.69 Å². The van der Waals surface area contributed by atoms with Crippen LogP contribution in [0.4, 0.5) is 10.5 Å². The molecule has 0 aliphatic rings. The van der Waals surface area contributed by atoms with Crippen LogP contribution in [0.1, 0.15) is 27.2 Å². The second kappa shape index (κ2) is 7.23. The lowest BCUT2D eigenvalue weighted by Crippen LogP contribution is -2.46. The van der Waals surface area contributed by atoms with E-state index in [-0.39, 0.29) is 18.5 Å². The van der Waals surface area contributed by atoms with Gasteiger partial charge in [0.1, 0.15) is 0 Å². The fourth-order valence-electron chi connectivity index (χ4n) is 2.09. The maximum absolute atomic E-state index is 11.9. The summed E-state index contributed by atoms with van der Waals surface area (Å²) in [6.45, 7) is 5.90. The second-order valence-corrected chi connectivity index (χ2v) is 5.87. The number of aromatic nitrogens is 3. The molecule has 2 aromatic rings. The third kappa shape index (κ3) is 4.53. The standard InChI is InChI=1S/C16H23N5O2/c1-4-12(2)16(3,23)11-17-15(22)19-13-5-7-14(8-6-13)21-10-9-18-20-21/h5-10,12,23H,4,11H2,1-3H3,(H2,17,19,22). The maximum atomic E-state index is 11.9. The topological polar surface area (TPSA) is 92.1 Å². The van der Waals surface area contributed by atoms with E-state index in [1.54, 1.807) is 36.1 Å². The first kappa shape index (κ1) is 17.0. The van der Waals surface area contributed by atoms with Gasteiger partial charge >= 0.3 is 6.03 Å². The van der Waals surface area contributed by atoms with Crippen molar-refractivity contribution in [3.05, 3.63) is 36.7 Å². The number of hydrogen-bond acceptors (Lipinski definition) is 4. The molecule has 2 unspecified atom stereocenters. The number of benzene rings is 1. The average Bonchev–Trinajstić information content (AvgIpc) is 3.07.